The maximum Gasteiger partial charge on any atom is 0.391 e. The van der Waals surface area contributed by atoms with Gasteiger partial charge in [-0.25, -0.2) is 0 Å². The van der Waals surface area contributed by atoms with Crippen LogP contribution in [0.3, 0.4) is 0 Å². The van der Waals surface area contributed by atoms with Crippen molar-refractivity contribution in [3.05, 3.63) is 0 Å². The summed E-state index contributed by atoms with van der Waals surface area (Å²) in [7, 11) is 2.01. The summed E-state index contributed by atoms with van der Waals surface area (Å²) >= 11 is 0. The molecule has 0 radical (unpaired) electrons. The second-order valence-corrected chi connectivity index (χ2v) is 7.23. The van der Waals surface area contributed by atoms with Crippen molar-refractivity contribution in [3.63, 3.8) is 0 Å². The minimum absolute atomic E-state index is 0.269. The van der Waals surface area contributed by atoms with Crippen LogP contribution >= 0.6 is 0 Å². The smallest absolute Gasteiger partial charge is 0.317 e. The van der Waals surface area contributed by atoms with Gasteiger partial charge in [0.05, 0.1) is 5.92 Å². The molecule has 1 aliphatic carbocycles. The summed E-state index contributed by atoms with van der Waals surface area (Å²) < 4.78 is 38.2. The van der Waals surface area contributed by atoms with Crippen LogP contribution in [0.15, 0.2) is 0 Å². The van der Waals surface area contributed by atoms with Crippen molar-refractivity contribution in [1.29, 1.82) is 0 Å². The molecule has 5 heteroatoms. The highest BCUT2D eigenvalue weighted by Crippen LogP contribution is 2.37. The van der Waals surface area contributed by atoms with E-state index in [0.29, 0.717) is 31.0 Å². The zero-order chi connectivity index (χ0) is 15.6. The van der Waals surface area contributed by atoms with Crippen LogP contribution < -0.4 is 5.32 Å². The van der Waals surface area contributed by atoms with Crippen molar-refractivity contribution in [2.75, 3.05) is 26.7 Å². The van der Waals surface area contributed by atoms with E-state index in [2.05, 4.69) is 24.1 Å². The monoisotopic (exact) mass is 306 g/mol. The van der Waals surface area contributed by atoms with E-state index in [0.717, 1.165) is 12.5 Å². The Kier molecular flexibility index (Phi) is 5.58. The summed E-state index contributed by atoms with van der Waals surface area (Å²) in [6.07, 6.45) is -1.05. The van der Waals surface area contributed by atoms with Crippen LogP contribution in [0.1, 0.15) is 39.5 Å². The molecular formula is C16H29F3N2. The largest absolute Gasteiger partial charge is 0.391 e. The van der Waals surface area contributed by atoms with E-state index in [4.69, 9.17) is 0 Å². The topological polar surface area (TPSA) is 15.3 Å². The number of alkyl halides is 3. The summed E-state index contributed by atoms with van der Waals surface area (Å²) in [5.74, 6) is 0.863. The summed E-state index contributed by atoms with van der Waals surface area (Å²) in [5, 5.41) is 3.43. The zero-order valence-electron chi connectivity index (χ0n) is 13.4. The number of nitrogens with zero attached hydrogens (tertiary/aromatic N) is 1. The van der Waals surface area contributed by atoms with E-state index < -0.39 is 12.1 Å². The SMILES string of the molecule is CNC1CC(C)CC(C)C1CN1CCC(C(F)(F)F)CC1. The number of hydrogen-bond acceptors (Lipinski definition) is 2. The molecule has 2 rings (SSSR count). The second kappa shape index (κ2) is 6.86. The molecule has 2 nitrogen and oxygen atoms in total. The van der Waals surface area contributed by atoms with Crippen molar-refractivity contribution < 1.29 is 13.2 Å². The summed E-state index contributed by atoms with van der Waals surface area (Å²) in [5.41, 5.74) is 0. The first kappa shape index (κ1) is 17.1. The molecule has 0 aromatic carbocycles. The normalized spacial score (nSPS) is 36.9. The molecule has 124 valence electrons. The fourth-order valence-corrected chi connectivity index (χ4v) is 4.29. The van der Waals surface area contributed by atoms with E-state index >= 15 is 0 Å². The highest BCUT2D eigenvalue weighted by atomic mass is 19.4. The van der Waals surface area contributed by atoms with E-state index in [1.54, 1.807) is 0 Å². The van der Waals surface area contributed by atoms with Crippen LogP contribution in [0, 0.1) is 23.7 Å². The Bertz CT molecular complexity index is 324. The predicted octanol–water partition coefficient (Wildman–Crippen LogP) is 3.53. The van der Waals surface area contributed by atoms with Gasteiger partial charge in [0, 0.05) is 12.6 Å². The lowest BCUT2D eigenvalue weighted by Gasteiger charge is -2.43. The molecule has 0 aromatic heterocycles. The fourth-order valence-electron chi connectivity index (χ4n) is 4.29. The van der Waals surface area contributed by atoms with Crippen molar-refractivity contribution in [3.8, 4) is 0 Å². The molecule has 1 N–H and O–H groups in total. The molecule has 2 aliphatic rings. The zero-order valence-corrected chi connectivity index (χ0v) is 13.4. The van der Waals surface area contributed by atoms with Crippen molar-refractivity contribution >= 4 is 0 Å². The number of likely N-dealkylation sites (tertiary alicyclic amines) is 1. The predicted molar refractivity (Wildman–Crippen MR) is 79.1 cm³/mol. The Labute approximate surface area is 126 Å². The highest BCUT2D eigenvalue weighted by molar-refractivity contribution is 4.89. The standard InChI is InChI=1S/C16H29F3N2/c1-11-8-12(2)14(15(9-11)20-3)10-21-6-4-13(5-7-21)16(17,18)19/h11-15,20H,4-10H2,1-3H3. The Morgan fingerprint density at radius 2 is 1.71 bits per heavy atom. The molecule has 4 unspecified atom stereocenters. The average molecular weight is 306 g/mol. The molecule has 1 saturated carbocycles. The van der Waals surface area contributed by atoms with Gasteiger partial charge in [-0.05, 0) is 63.6 Å². The maximum atomic E-state index is 12.7. The maximum absolute atomic E-state index is 12.7. The lowest BCUT2D eigenvalue weighted by molar-refractivity contribution is -0.185. The highest BCUT2D eigenvalue weighted by Gasteiger charge is 2.42. The third-order valence-electron chi connectivity index (χ3n) is 5.57. The fraction of sp³-hybridized carbons (Fsp3) is 1.00. The Morgan fingerprint density at radius 3 is 2.24 bits per heavy atom. The van der Waals surface area contributed by atoms with Crippen LogP contribution in [0.2, 0.25) is 0 Å². The van der Waals surface area contributed by atoms with Gasteiger partial charge in [0.1, 0.15) is 0 Å². The van der Waals surface area contributed by atoms with E-state index in [1.165, 1.54) is 12.8 Å². The summed E-state index contributed by atoms with van der Waals surface area (Å²) in [6, 6.07) is 0.504. The van der Waals surface area contributed by atoms with Crippen LogP contribution in [-0.4, -0.2) is 43.8 Å². The summed E-state index contributed by atoms with van der Waals surface area (Å²) in [6.45, 7) is 6.74. The van der Waals surface area contributed by atoms with Gasteiger partial charge in [0.25, 0.3) is 0 Å². The quantitative estimate of drug-likeness (QED) is 0.858. The number of halogens is 3. The molecule has 21 heavy (non-hydrogen) atoms. The van der Waals surface area contributed by atoms with Crippen molar-refractivity contribution in [2.45, 2.75) is 51.7 Å². The van der Waals surface area contributed by atoms with Crippen LogP contribution in [0.4, 0.5) is 13.2 Å². The number of hydrogen-bond donors (Lipinski definition) is 1. The van der Waals surface area contributed by atoms with Gasteiger partial charge < -0.3 is 10.2 Å². The second-order valence-electron chi connectivity index (χ2n) is 7.23. The minimum Gasteiger partial charge on any atom is -0.317 e. The Balaban J connectivity index is 1.87. The molecule has 2 fully saturated rings. The number of rotatable bonds is 3. The molecule has 1 aliphatic heterocycles. The van der Waals surface area contributed by atoms with E-state index in [1.807, 2.05) is 7.05 Å². The van der Waals surface area contributed by atoms with Gasteiger partial charge in [-0.1, -0.05) is 13.8 Å². The first-order valence-electron chi connectivity index (χ1n) is 8.27. The minimum atomic E-state index is -4.01. The van der Waals surface area contributed by atoms with Gasteiger partial charge >= 0.3 is 6.18 Å². The lowest BCUT2D eigenvalue weighted by atomic mass is 9.72. The molecule has 0 aromatic rings. The van der Waals surface area contributed by atoms with Crippen LogP contribution in [-0.2, 0) is 0 Å². The first-order valence-corrected chi connectivity index (χ1v) is 8.27. The summed E-state index contributed by atoms with van der Waals surface area (Å²) in [4.78, 5) is 2.25. The van der Waals surface area contributed by atoms with Crippen molar-refractivity contribution in [1.82, 2.24) is 10.2 Å². The third-order valence-corrected chi connectivity index (χ3v) is 5.57. The molecule has 0 spiro atoms. The van der Waals surface area contributed by atoms with Gasteiger partial charge in [0.15, 0.2) is 0 Å². The van der Waals surface area contributed by atoms with Gasteiger partial charge in [-0.15, -0.1) is 0 Å². The average Bonchev–Trinajstić information content (AvgIpc) is 2.41. The van der Waals surface area contributed by atoms with E-state index in [9.17, 15) is 13.2 Å². The Hall–Kier alpha value is -0.290. The Morgan fingerprint density at radius 1 is 1.10 bits per heavy atom. The molecule has 4 atom stereocenters. The number of piperidine rings is 1. The molecular weight excluding hydrogens is 277 g/mol. The van der Waals surface area contributed by atoms with E-state index in [-0.39, 0.29) is 12.8 Å². The third kappa shape index (κ3) is 4.35. The first-order chi connectivity index (χ1) is 9.81. The lowest BCUT2D eigenvalue weighted by Crippen LogP contribution is -2.50. The van der Waals surface area contributed by atoms with Gasteiger partial charge in [-0.3, -0.25) is 0 Å². The van der Waals surface area contributed by atoms with Gasteiger partial charge in [0.2, 0.25) is 0 Å². The molecule has 1 heterocycles. The molecule has 0 amide bonds. The van der Waals surface area contributed by atoms with Gasteiger partial charge in [-0.2, -0.15) is 13.2 Å². The molecule has 0 bridgehead atoms. The van der Waals surface area contributed by atoms with Crippen LogP contribution in [0.25, 0.3) is 0 Å². The van der Waals surface area contributed by atoms with Crippen LogP contribution in [0.5, 0.6) is 0 Å². The molecule has 1 saturated heterocycles. The van der Waals surface area contributed by atoms with Crippen molar-refractivity contribution in [2.24, 2.45) is 23.7 Å². The number of nitrogens with one attached hydrogen (secondary N) is 1.